The second-order valence-electron chi connectivity index (χ2n) is 5.51. The van der Waals surface area contributed by atoms with E-state index in [1.165, 1.54) is 6.07 Å². The lowest BCUT2D eigenvalue weighted by atomic mass is 9.93. The van der Waals surface area contributed by atoms with Crippen LogP contribution in [0.5, 0.6) is 0 Å². The van der Waals surface area contributed by atoms with Crippen LogP contribution in [0.1, 0.15) is 32.3 Å². The van der Waals surface area contributed by atoms with Crippen molar-refractivity contribution in [2.75, 3.05) is 11.9 Å². The van der Waals surface area contributed by atoms with Crippen LogP contribution in [0, 0.1) is 21.4 Å². The second-order valence-corrected chi connectivity index (χ2v) is 5.51. The van der Waals surface area contributed by atoms with E-state index in [1.54, 1.807) is 12.1 Å². The summed E-state index contributed by atoms with van der Waals surface area (Å²) in [4.78, 5) is 10.7. The first-order valence-electron chi connectivity index (χ1n) is 6.51. The van der Waals surface area contributed by atoms with E-state index in [0.717, 1.165) is 12.8 Å². The molecule has 0 aromatic heterocycles. The molecule has 1 unspecified atom stereocenters. The number of para-hydroxylation sites is 1. The quantitative estimate of drug-likeness (QED) is 0.676. The van der Waals surface area contributed by atoms with Gasteiger partial charge in [-0.25, -0.2) is 0 Å². The average Bonchev–Trinajstić information content (AvgIpc) is 2.36. The van der Waals surface area contributed by atoms with Crippen LogP contribution in [0.15, 0.2) is 18.2 Å². The van der Waals surface area contributed by atoms with Gasteiger partial charge in [-0.05, 0) is 38.8 Å². The van der Waals surface area contributed by atoms with Crippen LogP contribution in [-0.4, -0.2) is 23.2 Å². The Morgan fingerprint density at radius 1 is 1.55 bits per heavy atom. The number of nitriles is 1. The number of anilines is 1. The molecule has 20 heavy (non-hydrogen) atoms. The molecule has 1 N–H and O–H groups in total. The highest BCUT2D eigenvalue weighted by molar-refractivity contribution is 5.68. The molecule has 1 aromatic carbocycles. The Morgan fingerprint density at radius 2 is 2.30 bits per heavy atom. The molecule has 106 valence electrons. The van der Waals surface area contributed by atoms with E-state index >= 15 is 0 Å². The summed E-state index contributed by atoms with van der Waals surface area (Å²) in [7, 11) is 0. The minimum Gasteiger partial charge on any atom is -0.377 e. The Labute approximate surface area is 117 Å². The highest BCUT2D eigenvalue weighted by Gasteiger charge is 2.30. The Balaban J connectivity index is 2.26. The first-order chi connectivity index (χ1) is 9.43. The fourth-order valence-electron chi connectivity index (χ4n) is 2.52. The summed E-state index contributed by atoms with van der Waals surface area (Å²) in [6.45, 7) is 4.62. The summed E-state index contributed by atoms with van der Waals surface area (Å²) in [6.07, 6.45) is 1.55. The number of rotatable bonds is 3. The van der Waals surface area contributed by atoms with Crippen LogP contribution < -0.4 is 5.32 Å². The summed E-state index contributed by atoms with van der Waals surface area (Å²) in [6, 6.07) is 6.71. The van der Waals surface area contributed by atoms with Gasteiger partial charge in [-0.3, -0.25) is 10.1 Å². The molecule has 2 rings (SSSR count). The zero-order valence-corrected chi connectivity index (χ0v) is 11.5. The Kier molecular flexibility index (Phi) is 3.91. The van der Waals surface area contributed by atoms with E-state index in [9.17, 15) is 10.1 Å². The molecule has 1 aliphatic heterocycles. The van der Waals surface area contributed by atoms with Crippen molar-refractivity contribution in [3.05, 3.63) is 33.9 Å². The van der Waals surface area contributed by atoms with Crippen molar-refractivity contribution in [2.24, 2.45) is 0 Å². The lowest BCUT2D eigenvalue weighted by molar-refractivity contribution is -0.384. The highest BCUT2D eigenvalue weighted by atomic mass is 16.6. The Morgan fingerprint density at radius 3 is 2.90 bits per heavy atom. The standard InChI is InChI=1S/C14H17N3O3/c1-14(2)8-11(6-7-20-14)16-12-5-3-4-10(9-15)13(12)17(18)19/h3-5,11,16H,6-8H2,1-2H3. The monoisotopic (exact) mass is 275 g/mol. The molecule has 1 heterocycles. The van der Waals surface area contributed by atoms with E-state index in [1.807, 2.05) is 19.9 Å². The topological polar surface area (TPSA) is 88.2 Å². The Bertz CT molecular complexity index is 563. The van der Waals surface area contributed by atoms with Crippen LogP contribution in [0.2, 0.25) is 0 Å². The van der Waals surface area contributed by atoms with Crippen LogP contribution in [0.3, 0.4) is 0 Å². The molecule has 0 saturated carbocycles. The van der Waals surface area contributed by atoms with Gasteiger partial charge in [0.1, 0.15) is 17.3 Å². The molecule has 0 spiro atoms. The summed E-state index contributed by atoms with van der Waals surface area (Å²) in [5.41, 5.74) is 0.0831. The molecule has 1 aromatic rings. The zero-order chi connectivity index (χ0) is 14.8. The van der Waals surface area contributed by atoms with Gasteiger partial charge in [0.05, 0.1) is 10.5 Å². The van der Waals surface area contributed by atoms with Gasteiger partial charge in [0.2, 0.25) is 0 Å². The molecule has 1 saturated heterocycles. The lowest BCUT2D eigenvalue weighted by Gasteiger charge is -2.36. The van der Waals surface area contributed by atoms with Crippen molar-refractivity contribution in [2.45, 2.75) is 38.3 Å². The third kappa shape index (κ3) is 3.06. The predicted octanol–water partition coefficient (Wildman–Crippen LogP) is 2.84. The molecule has 1 aliphatic rings. The molecule has 0 amide bonds. The van der Waals surface area contributed by atoms with Gasteiger partial charge in [-0.2, -0.15) is 5.26 Å². The van der Waals surface area contributed by atoms with Crippen LogP contribution in [0.4, 0.5) is 11.4 Å². The van der Waals surface area contributed by atoms with Gasteiger partial charge in [-0.15, -0.1) is 0 Å². The van der Waals surface area contributed by atoms with Gasteiger partial charge < -0.3 is 10.1 Å². The van der Waals surface area contributed by atoms with Crippen molar-refractivity contribution in [1.82, 2.24) is 0 Å². The van der Waals surface area contributed by atoms with E-state index in [4.69, 9.17) is 10.00 Å². The van der Waals surface area contributed by atoms with Crippen LogP contribution in [0.25, 0.3) is 0 Å². The number of nitrogens with zero attached hydrogens (tertiary/aromatic N) is 2. The van der Waals surface area contributed by atoms with E-state index in [-0.39, 0.29) is 22.9 Å². The molecule has 0 bridgehead atoms. The van der Waals surface area contributed by atoms with Gasteiger partial charge in [0, 0.05) is 12.6 Å². The van der Waals surface area contributed by atoms with Gasteiger partial charge in [0.15, 0.2) is 0 Å². The number of hydrogen-bond donors (Lipinski definition) is 1. The van der Waals surface area contributed by atoms with Crippen LogP contribution in [-0.2, 0) is 4.74 Å². The molecular weight excluding hydrogens is 258 g/mol. The number of hydrogen-bond acceptors (Lipinski definition) is 5. The van der Waals surface area contributed by atoms with E-state index in [0.29, 0.717) is 12.3 Å². The minimum absolute atomic E-state index is 0.0753. The first-order valence-corrected chi connectivity index (χ1v) is 6.51. The minimum atomic E-state index is -0.509. The summed E-state index contributed by atoms with van der Waals surface area (Å²) >= 11 is 0. The van der Waals surface area contributed by atoms with E-state index < -0.39 is 4.92 Å². The summed E-state index contributed by atoms with van der Waals surface area (Å²) in [5.74, 6) is 0. The molecular formula is C14H17N3O3. The SMILES string of the molecule is CC1(C)CC(Nc2cccc(C#N)c2[N+](=O)[O-])CCO1. The molecule has 6 nitrogen and oxygen atoms in total. The average molecular weight is 275 g/mol. The van der Waals surface area contributed by atoms with Gasteiger partial charge in [0.25, 0.3) is 0 Å². The second kappa shape index (κ2) is 5.47. The van der Waals surface area contributed by atoms with Crippen molar-refractivity contribution < 1.29 is 9.66 Å². The third-order valence-electron chi connectivity index (χ3n) is 3.40. The number of nitrogens with one attached hydrogen (secondary N) is 1. The maximum absolute atomic E-state index is 11.2. The van der Waals surface area contributed by atoms with Crippen molar-refractivity contribution >= 4 is 11.4 Å². The summed E-state index contributed by atoms with van der Waals surface area (Å²) in [5, 5.41) is 23.3. The number of nitro groups is 1. The normalized spacial score (nSPS) is 20.9. The van der Waals surface area contributed by atoms with Gasteiger partial charge >= 0.3 is 5.69 Å². The molecule has 0 aliphatic carbocycles. The van der Waals surface area contributed by atoms with Crippen molar-refractivity contribution in [3.8, 4) is 6.07 Å². The Hall–Kier alpha value is -2.13. The fourth-order valence-corrected chi connectivity index (χ4v) is 2.52. The summed E-state index contributed by atoms with van der Waals surface area (Å²) < 4.78 is 5.63. The predicted molar refractivity (Wildman–Crippen MR) is 74.5 cm³/mol. The zero-order valence-electron chi connectivity index (χ0n) is 11.5. The van der Waals surface area contributed by atoms with Gasteiger partial charge in [-0.1, -0.05) is 6.07 Å². The molecule has 0 radical (unpaired) electrons. The highest BCUT2D eigenvalue weighted by Crippen LogP contribution is 2.32. The number of ether oxygens (including phenoxy) is 1. The maximum atomic E-state index is 11.2. The first kappa shape index (κ1) is 14.3. The lowest BCUT2D eigenvalue weighted by Crippen LogP contribution is -2.40. The molecule has 1 fully saturated rings. The number of nitro benzene ring substituents is 1. The van der Waals surface area contributed by atoms with Crippen molar-refractivity contribution in [1.29, 1.82) is 5.26 Å². The van der Waals surface area contributed by atoms with E-state index in [2.05, 4.69) is 5.32 Å². The largest absolute Gasteiger partial charge is 0.377 e. The molecule has 1 atom stereocenters. The fraction of sp³-hybridized carbons (Fsp3) is 0.500. The van der Waals surface area contributed by atoms with Crippen molar-refractivity contribution in [3.63, 3.8) is 0 Å². The number of benzene rings is 1. The molecule has 6 heteroatoms. The maximum Gasteiger partial charge on any atom is 0.309 e. The van der Waals surface area contributed by atoms with Crippen LogP contribution >= 0.6 is 0 Å². The third-order valence-corrected chi connectivity index (χ3v) is 3.40. The smallest absolute Gasteiger partial charge is 0.309 e.